The van der Waals surface area contributed by atoms with Crippen LogP contribution in [0.3, 0.4) is 0 Å². The van der Waals surface area contributed by atoms with E-state index in [0.29, 0.717) is 5.56 Å². The fourth-order valence-corrected chi connectivity index (χ4v) is 2.42. The smallest absolute Gasteiger partial charge is 0.127 e. The Morgan fingerprint density at radius 1 is 1.05 bits per heavy atom. The summed E-state index contributed by atoms with van der Waals surface area (Å²) >= 11 is 0. The average molecular weight is 272 g/mol. The van der Waals surface area contributed by atoms with Crippen molar-refractivity contribution in [2.45, 2.75) is 26.9 Å². The van der Waals surface area contributed by atoms with Crippen LogP contribution in [0.4, 0.5) is 10.1 Å². The fourth-order valence-electron chi connectivity index (χ4n) is 2.42. The molecule has 0 saturated carbocycles. The standard InChI is InChI=1S/C17H21FN2/c1-12-6-13(2)8-16(7-12)20(3)11-14-4-5-17(18)15(9-14)10-19/h4-9H,10-11,19H2,1-3H3. The van der Waals surface area contributed by atoms with Gasteiger partial charge in [-0.05, 0) is 54.8 Å². The van der Waals surface area contributed by atoms with Crippen molar-refractivity contribution in [2.75, 3.05) is 11.9 Å². The molecule has 0 aliphatic carbocycles. The highest BCUT2D eigenvalue weighted by atomic mass is 19.1. The van der Waals surface area contributed by atoms with Gasteiger partial charge in [-0.3, -0.25) is 0 Å². The Kier molecular flexibility index (Phi) is 4.40. The van der Waals surface area contributed by atoms with E-state index >= 15 is 0 Å². The Balaban J connectivity index is 2.20. The maximum absolute atomic E-state index is 13.4. The number of benzene rings is 2. The molecule has 2 N–H and O–H groups in total. The molecule has 3 heteroatoms. The van der Waals surface area contributed by atoms with Gasteiger partial charge < -0.3 is 10.6 Å². The summed E-state index contributed by atoms with van der Waals surface area (Å²) in [6.07, 6.45) is 0. The summed E-state index contributed by atoms with van der Waals surface area (Å²) < 4.78 is 13.4. The molecule has 0 heterocycles. The lowest BCUT2D eigenvalue weighted by Gasteiger charge is -2.21. The Morgan fingerprint density at radius 2 is 1.70 bits per heavy atom. The minimum atomic E-state index is -0.231. The van der Waals surface area contributed by atoms with Gasteiger partial charge in [0.2, 0.25) is 0 Å². The van der Waals surface area contributed by atoms with E-state index in [2.05, 4.69) is 36.9 Å². The lowest BCUT2D eigenvalue weighted by Crippen LogP contribution is -2.17. The summed E-state index contributed by atoms with van der Waals surface area (Å²) in [4.78, 5) is 2.16. The van der Waals surface area contributed by atoms with Gasteiger partial charge in [0, 0.05) is 31.4 Å². The monoisotopic (exact) mass is 272 g/mol. The van der Waals surface area contributed by atoms with Crippen molar-refractivity contribution in [2.24, 2.45) is 5.73 Å². The highest BCUT2D eigenvalue weighted by molar-refractivity contribution is 5.50. The maximum Gasteiger partial charge on any atom is 0.127 e. The number of aryl methyl sites for hydroxylation is 2. The summed E-state index contributed by atoms with van der Waals surface area (Å²) in [6, 6.07) is 11.6. The van der Waals surface area contributed by atoms with E-state index in [1.54, 1.807) is 0 Å². The van der Waals surface area contributed by atoms with Crippen LogP contribution >= 0.6 is 0 Å². The van der Waals surface area contributed by atoms with Gasteiger partial charge in [-0.1, -0.05) is 12.1 Å². The summed E-state index contributed by atoms with van der Waals surface area (Å²) in [5.74, 6) is -0.231. The van der Waals surface area contributed by atoms with Crippen molar-refractivity contribution in [3.63, 3.8) is 0 Å². The van der Waals surface area contributed by atoms with Crippen molar-refractivity contribution >= 4 is 5.69 Å². The molecule has 20 heavy (non-hydrogen) atoms. The minimum Gasteiger partial charge on any atom is -0.370 e. The van der Waals surface area contributed by atoms with Crippen LogP contribution in [0.1, 0.15) is 22.3 Å². The minimum absolute atomic E-state index is 0.229. The normalized spacial score (nSPS) is 10.7. The molecule has 0 aromatic heterocycles. The van der Waals surface area contributed by atoms with Crippen LogP contribution in [0, 0.1) is 19.7 Å². The third kappa shape index (κ3) is 3.36. The molecule has 2 nitrogen and oxygen atoms in total. The van der Waals surface area contributed by atoms with Crippen LogP contribution in [-0.2, 0) is 13.1 Å². The molecule has 0 unspecified atom stereocenters. The van der Waals surface area contributed by atoms with Crippen LogP contribution in [0.25, 0.3) is 0 Å². The fraction of sp³-hybridized carbons (Fsp3) is 0.294. The molecule has 2 aromatic carbocycles. The van der Waals surface area contributed by atoms with Crippen LogP contribution < -0.4 is 10.6 Å². The van der Waals surface area contributed by atoms with Crippen molar-refractivity contribution in [3.05, 3.63) is 64.5 Å². The highest BCUT2D eigenvalue weighted by Gasteiger charge is 2.06. The zero-order valence-electron chi connectivity index (χ0n) is 12.3. The molecule has 0 aliphatic rings. The molecule has 0 bridgehead atoms. The molecule has 106 valence electrons. The lowest BCUT2D eigenvalue weighted by atomic mass is 10.1. The number of anilines is 1. The first kappa shape index (κ1) is 14.5. The SMILES string of the molecule is Cc1cc(C)cc(N(C)Cc2ccc(F)c(CN)c2)c1. The third-order valence-electron chi connectivity index (χ3n) is 3.40. The second kappa shape index (κ2) is 6.06. The Bertz CT molecular complexity index is 588. The van der Waals surface area contributed by atoms with Crippen LogP contribution in [0.15, 0.2) is 36.4 Å². The van der Waals surface area contributed by atoms with Crippen molar-refractivity contribution in [3.8, 4) is 0 Å². The first-order valence-electron chi connectivity index (χ1n) is 6.76. The quantitative estimate of drug-likeness (QED) is 0.922. The number of hydrogen-bond acceptors (Lipinski definition) is 2. The van der Waals surface area contributed by atoms with E-state index in [0.717, 1.165) is 12.1 Å². The van der Waals surface area contributed by atoms with Gasteiger partial charge in [-0.15, -0.1) is 0 Å². The average Bonchev–Trinajstić information content (AvgIpc) is 2.39. The van der Waals surface area contributed by atoms with Gasteiger partial charge in [0.05, 0.1) is 0 Å². The molecule has 0 spiro atoms. The van der Waals surface area contributed by atoms with Gasteiger partial charge in [0.25, 0.3) is 0 Å². The predicted octanol–water partition coefficient (Wildman–Crippen LogP) is 3.54. The number of hydrogen-bond donors (Lipinski definition) is 1. The molecule has 2 aromatic rings. The molecular weight excluding hydrogens is 251 g/mol. The van der Waals surface area contributed by atoms with E-state index in [1.807, 2.05) is 19.2 Å². The predicted molar refractivity (Wildman–Crippen MR) is 82.3 cm³/mol. The molecule has 0 radical (unpaired) electrons. The molecule has 0 amide bonds. The van der Waals surface area contributed by atoms with E-state index in [-0.39, 0.29) is 12.4 Å². The van der Waals surface area contributed by atoms with Crippen molar-refractivity contribution in [1.82, 2.24) is 0 Å². The molecule has 2 rings (SSSR count). The number of rotatable bonds is 4. The first-order valence-corrected chi connectivity index (χ1v) is 6.76. The zero-order chi connectivity index (χ0) is 14.7. The van der Waals surface area contributed by atoms with Crippen molar-refractivity contribution in [1.29, 1.82) is 0 Å². The van der Waals surface area contributed by atoms with E-state index < -0.39 is 0 Å². The van der Waals surface area contributed by atoms with Gasteiger partial charge >= 0.3 is 0 Å². The first-order chi connectivity index (χ1) is 9.49. The summed E-state index contributed by atoms with van der Waals surface area (Å²) in [6.45, 7) is 5.15. The van der Waals surface area contributed by atoms with Crippen molar-refractivity contribution < 1.29 is 4.39 Å². The third-order valence-corrected chi connectivity index (χ3v) is 3.40. The highest BCUT2D eigenvalue weighted by Crippen LogP contribution is 2.20. The molecule has 0 saturated heterocycles. The number of nitrogens with two attached hydrogens (primary N) is 1. The topological polar surface area (TPSA) is 29.3 Å². The van der Waals surface area contributed by atoms with E-state index in [4.69, 9.17) is 5.73 Å². The molecule has 0 fully saturated rings. The van der Waals surface area contributed by atoms with Gasteiger partial charge in [0.15, 0.2) is 0 Å². The Hall–Kier alpha value is -1.87. The second-order valence-corrected chi connectivity index (χ2v) is 5.33. The largest absolute Gasteiger partial charge is 0.370 e. The molecular formula is C17H21FN2. The second-order valence-electron chi connectivity index (χ2n) is 5.33. The summed E-state index contributed by atoms with van der Waals surface area (Å²) in [5.41, 5.74) is 10.8. The van der Waals surface area contributed by atoms with E-state index in [1.165, 1.54) is 22.9 Å². The maximum atomic E-state index is 13.4. The van der Waals surface area contributed by atoms with Crippen LogP contribution in [-0.4, -0.2) is 7.05 Å². The van der Waals surface area contributed by atoms with Gasteiger partial charge in [-0.2, -0.15) is 0 Å². The number of halogens is 1. The Morgan fingerprint density at radius 3 is 2.30 bits per heavy atom. The van der Waals surface area contributed by atoms with E-state index in [9.17, 15) is 4.39 Å². The molecule has 0 aliphatic heterocycles. The Labute approximate surface area is 120 Å². The molecule has 0 atom stereocenters. The summed E-state index contributed by atoms with van der Waals surface area (Å²) in [5, 5.41) is 0. The van der Waals surface area contributed by atoms with Crippen LogP contribution in [0.2, 0.25) is 0 Å². The van der Waals surface area contributed by atoms with Gasteiger partial charge in [-0.25, -0.2) is 4.39 Å². The lowest BCUT2D eigenvalue weighted by molar-refractivity contribution is 0.609. The van der Waals surface area contributed by atoms with Crippen LogP contribution in [0.5, 0.6) is 0 Å². The number of nitrogens with zero attached hydrogens (tertiary/aromatic N) is 1. The van der Waals surface area contributed by atoms with Gasteiger partial charge in [0.1, 0.15) is 5.82 Å². The zero-order valence-corrected chi connectivity index (χ0v) is 12.3. The summed E-state index contributed by atoms with van der Waals surface area (Å²) in [7, 11) is 2.04.